The third-order valence-corrected chi connectivity index (χ3v) is 6.16. The van der Waals surface area contributed by atoms with E-state index in [9.17, 15) is 18.0 Å². The van der Waals surface area contributed by atoms with Crippen LogP contribution < -0.4 is 0 Å². The molecule has 11 heteroatoms. The van der Waals surface area contributed by atoms with E-state index in [1.807, 2.05) is 0 Å². The molecule has 0 unspecified atom stereocenters. The zero-order valence-electron chi connectivity index (χ0n) is 13.9. The molecule has 2 aromatic rings. The van der Waals surface area contributed by atoms with Crippen LogP contribution in [-0.2, 0) is 20.4 Å². The highest BCUT2D eigenvalue weighted by molar-refractivity contribution is 7.99. The Balaban J connectivity index is 1.70. The van der Waals surface area contributed by atoms with Crippen LogP contribution in [-0.4, -0.2) is 40.0 Å². The van der Waals surface area contributed by atoms with Crippen LogP contribution in [0.3, 0.4) is 0 Å². The van der Waals surface area contributed by atoms with Gasteiger partial charge in [-0.2, -0.15) is 13.2 Å². The summed E-state index contributed by atoms with van der Waals surface area (Å²) in [5.41, 5.74) is -0.675. The minimum atomic E-state index is -4.66. The molecule has 28 heavy (non-hydrogen) atoms. The van der Waals surface area contributed by atoms with Gasteiger partial charge in [0.25, 0.3) is 0 Å². The summed E-state index contributed by atoms with van der Waals surface area (Å²) in [6.45, 7) is 0.201. The highest BCUT2D eigenvalue weighted by Crippen LogP contribution is 2.38. The quantitative estimate of drug-likeness (QED) is 0.634. The summed E-state index contributed by atoms with van der Waals surface area (Å²) < 4.78 is 50.7. The number of carbonyl (C=O) groups excluding carboxylic acids is 1. The van der Waals surface area contributed by atoms with Gasteiger partial charge in [-0.15, -0.1) is 0 Å². The number of ether oxygens (including phenoxy) is 2. The maximum atomic E-state index is 13.4. The number of rotatable bonds is 3. The number of nitrogens with zero attached hydrogens (tertiary/aromatic N) is 2. The molecule has 0 amide bonds. The van der Waals surface area contributed by atoms with Gasteiger partial charge in [0.1, 0.15) is 5.69 Å². The van der Waals surface area contributed by atoms with Crippen LogP contribution >= 0.6 is 35.0 Å². The maximum Gasteiger partial charge on any atom is 0.433 e. The molecule has 2 aliphatic rings. The molecule has 2 fully saturated rings. The van der Waals surface area contributed by atoms with Crippen molar-refractivity contribution in [1.29, 1.82) is 0 Å². The molecule has 4 rings (SSSR count). The van der Waals surface area contributed by atoms with E-state index in [2.05, 4.69) is 9.97 Å². The number of carbonyl (C=O) groups is 1. The van der Waals surface area contributed by atoms with Crippen LogP contribution in [0.1, 0.15) is 12.1 Å². The number of alkyl halides is 3. The fourth-order valence-electron chi connectivity index (χ4n) is 2.89. The first-order valence-electron chi connectivity index (χ1n) is 8.09. The molecule has 0 aliphatic carbocycles. The number of fused-ring (bicyclic) bond motifs is 2. The van der Waals surface area contributed by atoms with E-state index in [4.69, 9.17) is 32.7 Å². The Morgan fingerprint density at radius 2 is 1.93 bits per heavy atom. The van der Waals surface area contributed by atoms with Gasteiger partial charge < -0.3 is 9.47 Å². The van der Waals surface area contributed by atoms with Crippen molar-refractivity contribution in [3.8, 4) is 11.3 Å². The highest BCUT2D eigenvalue weighted by Gasteiger charge is 2.44. The van der Waals surface area contributed by atoms with Crippen molar-refractivity contribution in [3.63, 3.8) is 0 Å². The average molecular weight is 451 g/mol. The number of aromatic nitrogens is 2. The number of halogens is 5. The number of benzene rings is 1. The molecule has 148 valence electrons. The molecule has 2 saturated heterocycles. The van der Waals surface area contributed by atoms with Gasteiger partial charge in [0, 0.05) is 17.2 Å². The monoisotopic (exact) mass is 450 g/mol. The van der Waals surface area contributed by atoms with E-state index in [1.165, 1.54) is 18.2 Å². The summed E-state index contributed by atoms with van der Waals surface area (Å²) >= 11 is 12.8. The second kappa shape index (κ2) is 7.46. The lowest BCUT2D eigenvalue weighted by molar-refractivity contribution is -0.151. The lowest BCUT2D eigenvalue weighted by atomic mass is 10.1. The second-order valence-corrected chi connectivity index (χ2v) is 8.23. The molecule has 1 aromatic carbocycles. The first-order chi connectivity index (χ1) is 13.2. The van der Waals surface area contributed by atoms with Gasteiger partial charge in [0.15, 0.2) is 10.9 Å². The summed E-state index contributed by atoms with van der Waals surface area (Å²) in [4.78, 5) is 19.8. The summed E-state index contributed by atoms with van der Waals surface area (Å²) in [5, 5.41) is -0.0706. The van der Waals surface area contributed by atoms with E-state index in [0.29, 0.717) is 5.56 Å². The molecule has 5 nitrogen and oxygen atoms in total. The van der Waals surface area contributed by atoms with Crippen molar-refractivity contribution in [2.75, 3.05) is 6.61 Å². The van der Waals surface area contributed by atoms with Crippen LogP contribution in [0.25, 0.3) is 11.3 Å². The van der Waals surface area contributed by atoms with Gasteiger partial charge in [-0.05, 0) is 18.2 Å². The molecule has 3 heterocycles. The third kappa shape index (κ3) is 3.99. The molecule has 1 aromatic heterocycles. The van der Waals surface area contributed by atoms with Crippen LogP contribution in [0.15, 0.2) is 29.4 Å². The third-order valence-electron chi connectivity index (χ3n) is 4.26. The standard InChI is InChI=1S/C17H11Cl2F3N2O3S/c18-8-2-1-7(3-9(8)19)10-4-14(17(20,21)22)24-16(23-10)28-13-5-11(25)15-26-6-12(13)27-15/h1-4,12-13,15H,5-6H2/t12-,13-,15-/m0/s1. The molecular formula is C17H11Cl2F3N2O3S. The van der Waals surface area contributed by atoms with Crippen LogP contribution in [0.2, 0.25) is 10.0 Å². The summed E-state index contributed by atoms with van der Waals surface area (Å²) in [5.74, 6) is -0.247. The first kappa shape index (κ1) is 19.9. The predicted octanol–water partition coefficient (Wildman–Crippen LogP) is 4.64. The fraction of sp³-hybridized carbons (Fsp3) is 0.353. The van der Waals surface area contributed by atoms with Crippen LogP contribution in [0.5, 0.6) is 0 Å². The molecule has 2 aliphatic heterocycles. The molecule has 0 N–H and O–H groups in total. The zero-order valence-corrected chi connectivity index (χ0v) is 16.2. The lowest BCUT2D eigenvalue weighted by Gasteiger charge is -2.25. The molecule has 3 atom stereocenters. The summed E-state index contributed by atoms with van der Waals surface area (Å²) in [6.07, 6.45) is -5.83. The average Bonchev–Trinajstić information content (AvgIpc) is 3.07. The van der Waals surface area contributed by atoms with Crippen molar-refractivity contribution >= 4 is 40.7 Å². The fourth-order valence-corrected chi connectivity index (χ4v) is 4.30. The van der Waals surface area contributed by atoms with Crippen LogP contribution in [0.4, 0.5) is 13.2 Å². The van der Waals surface area contributed by atoms with Gasteiger partial charge in [0.2, 0.25) is 6.29 Å². The smallest absolute Gasteiger partial charge is 0.343 e. The van der Waals surface area contributed by atoms with Crippen LogP contribution in [0, 0.1) is 0 Å². The normalized spacial score (nSPS) is 24.6. The number of hydrogen-bond acceptors (Lipinski definition) is 6. The summed E-state index contributed by atoms with van der Waals surface area (Å²) in [6, 6.07) is 5.28. The van der Waals surface area contributed by atoms with Gasteiger partial charge in [-0.25, -0.2) is 9.97 Å². The number of thioether (sulfide) groups is 1. The minimum Gasteiger partial charge on any atom is -0.343 e. The SMILES string of the molecule is O=C1C[C@H](Sc2nc(-c3ccc(Cl)c(Cl)c3)cc(C(F)(F)F)n2)[C@@H]2CO[C@H]1O2. The molecular weight excluding hydrogens is 440 g/mol. The summed E-state index contributed by atoms with van der Waals surface area (Å²) in [7, 11) is 0. The van der Waals surface area contributed by atoms with Crippen molar-refractivity contribution in [1.82, 2.24) is 9.97 Å². The maximum absolute atomic E-state index is 13.4. The predicted molar refractivity (Wildman–Crippen MR) is 96.4 cm³/mol. The van der Waals surface area contributed by atoms with Crippen molar-refractivity contribution in [2.24, 2.45) is 0 Å². The first-order valence-corrected chi connectivity index (χ1v) is 9.72. The largest absolute Gasteiger partial charge is 0.433 e. The van der Waals surface area contributed by atoms with Crippen molar-refractivity contribution < 1.29 is 27.4 Å². The van der Waals surface area contributed by atoms with Gasteiger partial charge in [-0.1, -0.05) is 41.0 Å². The minimum absolute atomic E-state index is 0.0481. The molecule has 0 saturated carbocycles. The van der Waals surface area contributed by atoms with Crippen molar-refractivity contribution in [2.45, 2.75) is 35.4 Å². The second-order valence-electron chi connectivity index (χ2n) is 6.21. The Hall–Kier alpha value is -1.39. The highest BCUT2D eigenvalue weighted by atomic mass is 35.5. The number of Topliss-reactive ketones (excluding diaryl/α,β-unsaturated/α-hetero) is 1. The molecule has 2 bridgehead atoms. The molecule has 0 spiro atoms. The van der Waals surface area contributed by atoms with E-state index in [0.717, 1.165) is 17.8 Å². The lowest BCUT2D eigenvalue weighted by Crippen LogP contribution is -2.37. The molecule has 0 radical (unpaired) electrons. The van der Waals surface area contributed by atoms with Crippen molar-refractivity contribution in [3.05, 3.63) is 40.0 Å². The van der Waals surface area contributed by atoms with Gasteiger partial charge in [-0.3, -0.25) is 4.79 Å². The topological polar surface area (TPSA) is 61.3 Å². The Labute approximate surface area is 171 Å². The Bertz CT molecular complexity index is 944. The number of hydrogen-bond donors (Lipinski definition) is 0. The van der Waals surface area contributed by atoms with E-state index in [1.54, 1.807) is 0 Å². The van der Waals surface area contributed by atoms with E-state index >= 15 is 0 Å². The number of ketones is 1. The Morgan fingerprint density at radius 1 is 1.14 bits per heavy atom. The zero-order chi connectivity index (χ0) is 20.1. The Kier molecular flexibility index (Phi) is 5.30. The van der Waals surface area contributed by atoms with Gasteiger partial charge >= 0.3 is 6.18 Å². The van der Waals surface area contributed by atoms with E-state index in [-0.39, 0.29) is 39.7 Å². The van der Waals surface area contributed by atoms with Gasteiger partial charge in [0.05, 0.1) is 28.5 Å². The Morgan fingerprint density at radius 3 is 2.64 bits per heavy atom. The van der Waals surface area contributed by atoms with E-state index < -0.39 is 29.5 Å².